The van der Waals surface area contributed by atoms with E-state index in [1.807, 2.05) is 20.8 Å². The lowest BCUT2D eigenvalue weighted by Gasteiger charge is -2.16. The third-order valence-corrected chi connectivity index (χ3v) is 6.77. The van der Waals surface area contributed by atoms with E-state index in [0.29, 0.717) is 11.0 Å². The summed E-state index contributed by atoms with van der Waals surface area (Å²) in [6.45, 7) is 6.12. The fourth-order valence-electron chi connectivity index (χ4n) is 2.65. The number of rotatable bonds is 6. The van der Waals surface area contributed by atoms with E-state index in [1.54, 1.807) is 31.6 Å². The molecule has 11 heteroatoms. The number of nitrogens with one attached hydrogen (secondary N) is 1. The number of hydrogen-bond acceptors (Lipinski definition) is 7. The molecule has 0 saturated carbocycles. The van der Waals surface area contributed by atoms with E-state index in [9.17, 15) is 13.2 Å². The van der Waals surface area contributed by atoms with E-state index in [-0.39, 0.29) is 22.5 Å². The highest BCUT2D eigenvalue weighted by Gasteiger charge is 2.26. The highest BCUT2D eigenvalue weighted by molar-refractivity contribution is 7.89. The maximum atomic E-state index is 12.9. The molecule has 0 spiro atoms. The van der Waals surface area contributed by atoms with Crippen LogP contribution in [0.3, 0.4) is 0 Å². The van der Waals surface area contributed by atoms with Gasteiger partial charge in [0.1, 0.15) is 16.4 Å². The molecule has 160 valence electrons. The lowest BCUT2D eigenvalue weighted by Crippen LogP contribution is -2.26. The van der Waals surface area contributed by atoms with Gasteiger partial charge in [0.15, 0.2) is 0 Å². The van der Waals surface area contributed by atoms with Crippen LogP contribution in [0.1, 0.15) is 42.6 Å². The van der Waals surface area contributed by atoms with Gasteiger partial charge >= 0.3 is 0 Å². The molecule has 1 amide bonds. The van der Waals surface area contributed by atoms with Crippen LogP contribution < -0.4 is 5.32 Å². The summed E-state index contributed by atoms with van der Waals surface area (Å²) in [4.78, 5) is 21.1. The van der Waals surface area contributed by atoms with Crippen LogP contribution >= 0.6 is 11.5 Å². The third-order valence-electron chi connectivity index (χ3n) is 4.37. The van der Waals surface area contributed by atoms with Crippen molar-refractivity contribution in [2.45, 2.75) is 37.6 Å². The predicted octanol–water partition coefficient (Wildman–Crippen LogP) is 2.64. The first-order chi connectivity index (χ1) is 14.0. The molecule has 0 bridgehead atoms. The largest absolute Gasteiger partial charge is 0.345 e. The predicted molar refractivity (Wildman–Crippen MR) is 115 cm³/mol. The Labute approximate surface area is 180 Å². The van der Waals surface area contributed by atoms with Crippen molar-refractivity contribution < 1.29 is 13.2 Å². The zero-order chi connectivity index (χ0) is 22.1. The second-order valence-electron chi connectivity index (χ2n) is 7.92. The third kappa shape index (κ3) is 4.74. The van der Waals surface area contributed by atoms with Crippen LogP contribution in [0.4, 0.5) is 5.13 Å². The van der Waals surface area contributed by atoms with E-state index in [4.69, 9.17) is 0 Å². The van der Waals surface area contributed by atoms with E-state index in [0.717, 1.165) is 17.1 Å². The zero-order valence-corrected chi connectivity index (χ0v) is 19.1. The number of anilines is 1. The molecule has 1 N–H and O–H groups in total. The molecule has 0 atom stereocenters. The van der Waals surface area contributed by atoms with Gasteiger partial charge in [0.25, 0.3) is 5.91 Å². The lowest BCUT2D eigenvalue weighted by molar-refractivity contribution is 0.101. The van der Waals surface area contributed by atoms with E-state index >= 15 is 0 Å². The quantitative estimate of drug-likeness (QED) is 0.621. The Morgan fingerprint density at radius 1 is 1.33 bits per heavy atom. The number of sulfonamides is 1. The molecule has 3 aromatic heterocycles. The molecule has 0 aliphatic rings. The van der Waals surface area contributed by atoms with Gasteiger partial charge in [0.2, 0.25) is 15.2 Å². The normalized spacial score (nSPS) is 12.3. The number of hydrogen-bond donors (Lipinski definition) is 1. The Balaban J connectivity index is 1.78. The van der Waals surface area contributed by atoms with E-state index < -0.39 is 15.9 Å². The lowest BCUT2D eigenvalue weighted by atomic mass is 9.96. The Bertz CT molecular complexity index is 1150. The topological polar surface area (TPSA) is 110 Å². The van der Waals surface area contributed by atoms with Gasteiger partial charge in [0, 0.05) is 56.2 Å². The van der Waals surface area contributed by atoms with Gasteiger partial charge < -0.3 is 4.57 Å². The fraction of sp³-hybridized carbons (Fsp3) is 0.368. The number of carbonyl (C=O) groups is 1. The summed E-state index contributed by atoms with van der Waals surface area (Å²) < 4.78 is 32.8. The van der Waals surface area contributed by atoms with Crippen LogP contribution in [-0.2, 0) is 29.0 Å². The summed E-state index contributed by atoms with van der Waals surface area (Å²) in [5.74, 6) is 0.181. The minimum atomic E-state index is -3.78. The minimum absolute atomic E-state index is 0.0363. The molecule has 0 aliphatic carbocycles. The standard InChI is InChI=1S/C19H24N6O3S2/c1-19(2,3)17-22-18(29-23-17)21-16(26)15-9-14(12-24(15)4)30(27,28)25(5)11-13-7-6-8-20-10-13/h6-10,12H,11H2,1-5H3,(H,21,22,23,26). The van der Waals surface area contributed by atoms with Crippen molar-refractivity contribution in [3.8, 4) is 0 Å². The van der Waals surface area contributed by atoms with Crippen LogP contribution in [0.5, 0.6) is 0 Å². The highest BCUT2D eigenvalue weighted by Crippen LogP contribution is 2.24. The van der Waals surface area contributed by atoms with Crippen LogP contribution in [0.25, 0.3) is 0 Å². The first-order valence-electron chi connectivity index (χ1n) is 9.15. The Hall–Kier alpha value is -2.63. The summed E-state index contributed by atoms with van der Waals surface area (Å²) in [6.07, 6.45) is 4.66. The van der Waals surface area contributed by atoms with Crippen molar-refractivity contribution in [3.63, 3.8) is 0 Å². The molecule has 3 rings (SSSR count). The van der Waals surface area contributed by atoms with E-state index in [2.05, 4.69) is 19.7 Å². The van der Waals surface area contributed by atoms with Crippen molar-refractivity contribution in [1.29, 1.82) is 0 Å². The first kappa shape index (κ1) is 22.1. The summed E-state index contributed by atoms with van der Waals surface area (Å²) in [5, 5.41) is 3.06. The van der Waals surface area contributed by atoms with Gasteiger partial charge in [-0.3, -0.25) is 15.1 Å². The summed E-state index contributed by atoms with van der Waals surface area (Å²) in [5.41, 5.74) is 0.740. The number of nitrogens with zero attached hydrogens (tertiary/aromatic N) is 5. The minimum Gasteiger partial charge on any atom is -0.345 e. The smallest absolute Gasteiger partial charge is 0.274 e. The Kier molecular flexibility index (Phi) is 6.06. The van der Waals surface area contributed by atoms with Crippen molar-refractivity contribution in [1.82, 2.24) is 23.2 Å². The van der Waals surface area contributed by atoms with Crippen molar-refractivity contribution >= 4 is 32.6 Å². The maximum Gasteiger partial charge on any atom is 0.274 e. The SMILES string of the molecule is CN(Cc1cccnc1)S(=O)(=O)c1cc(C(=O)Nc2nc(C(C)(C)C)ns2)n(C)c1. The molecular weight excluding hydrogens is 424 g/mol. The first-order valence-corrected chi connectivity index (χ1v) is 11.4. The van der Waals surface area contributed by atoms with Crippen molar-refractivity contribution in [3.05, 3.63) is 53.9 Å². The monoisotopic (exact) mass is 448 g/mol. The van der Waals surface area contributed by atoms with Crippen LogP contribution in [-0.4, -0.2) is 44.6 Å². The number of pyridine rings is 1. The van der Waals surface area contributed by atoms with Crippen molar-refractivity contribution in [2.75, 3.05) is 12.4 Å². The highest BCUT2D eigenvalue weighted by atomic mass is 32.2. The Morgan fingerprint density at radius 3 is 2.67 bits per heavy atom. The molecule has 3 aromatic rings. The molecule has 0 unspecified atom stereocenters. The number of aryl methyl sites for hydroxylation is 1. The zero-order valence-electron chi connectivity index (χ0n) is 17.4. The molecule has 3 heterocycles. The number of aromatic nitrogens is 4. The molecule has 30 heavy (non-hydrogen) atoms. The van der Waals surface area contributed by atoms with Gasteiger partial charge in [-0.15, -0.1) is 0 Å². The van der Waals surface area contributed by atoms with Crippen LogP contribution in [0, 0.1) is 0 Å². The summed E-state index contributed by atoms with van der Waals surface area (Å²) in [7, 11) is -0.670. The van der Waals surface area contributed by atoms with Gasteiger partial charge in [-0.2, -0.15) is 8.68 Å². The van der Waals surface area contributed by atoms with Crippen molar-refractivity contribution in [2.24, 2.45) is 7.05 Å². The van der Waals surface area contributed by atoms with Gasteiger partial charge in [-0.05, 0) is 17.7 Å². The molecule has 0 fully saturated rings. The average Bonchev–Trinajstić information content (AvgIpc) is 3.29. The van der Waals surface area contributed by atoms with Gasteiger partial charge in [0.05, 0.1) is 0 Å². The molecule has 0 saturated heterocycles. The number of carbonyl (C=O) groups excluding carboxylic acids is 1. The van der Waals surface area contributed by atoms with E-state index in [1.165, 1.54) is 28.2 Å². The molecule has 0 radical (unpaired) electrons. The van der Waals surface area contributed by atoms with Crippen LogP contribution in [0.2, 0.25) is 0 Å². The second kappa shape index (κ2) is 8.25. The number of amides is 1. The van der Waals surface area contributed by atoms with Gasteiger partial charge in [-0.1, -0.05) is 26.8 Å². The summed E-state index contributed by atoms with van der Waals surface area (Å²) in [6, 6.07) is 4.91. The van der Waals surface area contributed by atoms with Gasteiger partial charge in [-0.25, -0.2) is 13.4 Å². The maximum absolute atomic E-state index is 12.9. The molecule has 0 aromatic carbocycles. The van der Waals surface area contributed by atoms with Crippen LogP contribution in [0.15, 0.2) is 41.7 Å². The summed E-state index contributed by atoms with van der Waals surface area (Å²) >= 11 is 1.09. The molecule has 9 nitrogen and oxygen atoms in total. The average molecular weight is 449 g/mol. The Morgan fingerprint density at radius 2 is 2.07 bits per heavy atom. The fourth-order valence-corrected chi connectivity index (χ4v) is 4.64. The molecular formula is C19H24N6O3S2. The molecule has 0 aliphatic heterocycles. The second-order valence-corrected chi connectivity index (χ2v) is 10.7.